The zero-order chi connectivity index (χ0) is 41.3. The number of benzene rings is 2. The highest BCUT2D eigenvalue weighted by Crippen LogP contribution is 2.40. The van der Waals surface area contributed by atoms with Crippen molar-refractivity contribution in [3.63, 3.8) is 0 Å². The van der Waals surface area contributed by atoms with Crippen LogP contribution in [-0.2, 0) is 33.7 Å². The number of aryl methyl sites for hydroxylation is 2. The fraction of sp³-hybridized carbons (Fsp3) is 0.674. The first-order valence-electron chi connectivity index (χ1n) is 22.0. The highest BCUT2D eigenvalue weighted by molar-refractivity contribution is 8.76. The van der Waals surface area contributed by atoms with E-state index in [2.05, 4.69) is 54.5 Å². The highest BCUT2D eigenvalue weighted by Gasteiger charge is 2.39. The standard InChI is InChI=1S/C46H70N4O6S2/c1-32(2)17-22-42-37-23-24-48-46(47)49-31-58-57-30-35(19-18-34-11-5-4-6-12-34)13-7-8-14-39(52)28-41(55-33(3)51)21-20-36-25-38(29-50(42)44(53)27-37)45(54)43(26-36)56-40-15-9-10-16-40/h4-6,11-12,25-26,32,35,37,39-42,52,54H,7-10,13-24,27-31H2,1-3H3,(H3,47,48,49)/t35-,37-,39+,41-,42-/m1/s1. The third kappa shape index (κ3) is 15.5. The Morgan fingerprint density at radius 1 is 1.00 bits per heavy atom. The summed E-state index contributed by atoms with van der Waals surface area (Å²) in [6, 6.07) is 14.6. The smallest absolute Gasteiger partial charge is 0.302 e. The number of esters is 1. The van der Waals surface area contributed by atoms with Gasteiger partial charge in [0.15, 0.2) is 17.5 Å². The molecule has 1 aliphatic carbocycles. The number of aliphatic hydroxyl groups excluding tert-OH is 1. The van der Waals surface area contributed by atoms with Crippen molar-refractivity contribution in [3.05, 3.63) is 59.2 Å². The lowest BCUT2D eigenvalue weighted by atomic mass is 9.90. The molecule has 0 aromatic heterocycles. The number of hydrogen-bond acceptors (Lipinski definition) is 11. The number of nitrogens with two attached hydrogens (primary N) is 1. The second-order valence-electron chi connectivity index (χ2n) is 17.3. The average molecular weight is 839 g/mol. The van der Waals surface area contributed by atoms with Crippen molar-refractivity contribution in [1.82, 2.24) is 10.2 Å². The lowest BCUT2D eigenvalue weighted by Crippen LogP contribution is -2.37. The molecule has 322 valence electrons. The summed E-state index contributed by atoms with van der Waals surface area (Å²) in [7, 11) is 3.57. The van der Waals surface area contributed by atoms with Gasteiger partial charge in [-0.1, -0.05) is 84.7 Å². The van der Waals surface area contributed by atoms with E-state index in [4.69, 9.17) is 15.2 Å². The van der Waals surface area contributed by atoms with Crippen molar-refractivity contribution in [2.24, 2.45) is 28.5 Å². The monoisotopic (exact) mass is 838 g/mol. The third-order valence-corrected chi connectivity index (χ3v) is 14.3. The van der Waals surface area contributed by atoms with Crippen LogP contribution in [0.3, 0.4) is 0 Å². The van der Waals surface area contributed by atoms with E-state index in [0.29, 0.717) is 80.2 Å². The summed E-state index contributed by atoms with van der Waals surface area (Å²) in [6.45, 7) is 6.78. The average Bonchev–Trinajstić information content (AvgIpc) is 3.81. The summed E-state index contributed by atoms with van der Waals surface area (Å²) >= 11 is 0. The molecule has 5 atom stereocenters. The maximum Gasteiger partial charge on any atom is 0.302 e. The van der Waals surface area contributed by atoms with E-state index in [0.717, 1.165) is 88.4 Å². The van der Waals surface area contributed by atoms with Crippen molar-refractivity contribution in [2.75, 3.05) is 18.2 Å². The van der Waals surface area contributed by atoms with Crippen LogP contribution >= 0.6 is 21.6 Å². The molecule has 0 radical (unpaired) electrons. The van der Waals surface area contributed by atoms with Gasteiger partial charge in [0.05, 0.1) is 18.1 Å². The van der Waals surface area contributed by atoms with Gasteiger partial charge in [-0.25, -0.2) is 4.99 Å². The number of amides is 1. The molecule has 2 aromatic carbocycles. The maximum absolute atomic E-state index is 13.8. The number of phenolic OH excluding ortho intramolecular Hbond substituents is 1. The number of nitrogens with one attached hydrogen (secondary N) is 1. The van der Waals surface area contributed by atoms with Gasteiger partial charge in [0.1, 0.15) is 6.10 Å². The number of aromatic hydroxyl groups is 1. The van der Waals surface area contributed by atoms with Crippen LogP contribution in [-0.4, -0.2) is 75.5 Å². The number of carbonyl (C=O) groups is 2. The fourth-order valence-corrected chi connectivity index (χ4v) is 11.0. The molecule has 1 amide bonds. The van der Waals surface area contributed by atoms with Crippen molar-refractivity contribution in [3.8, 4) is 11.5 Å². The van der Waals surface area contributed by atoms with Crippen LogP contribution in [0.15, 0.2) is 47.5 Å². The molecular weight excluding hydrogens is 769 g/mol. The molecule has 4 bridgehead atoms. The number of aliphatic hydroxyl groups is 1. The molecule has 2 fully saturated rings. The summed E-state index contributed by atoms with van der Waals surface area (Å²) < 4.78 is 12.2. The Hall–Kier alpha value is -3.09. The predicted octanol–water partition coefficient (Wildman–Crippen LogP) is 8.94. The van der Waals surface area contributed by atoms with Gasteiger partial charge in [-0.15, -0.1) is 0 Å². The fourth-order valence-electron chi connectivity index (χ4n) is 8.83. The Kier molecular flexibility index (Phi) is 19.2. The number of phenols is 1. The van der Waals surface area contributed by atoms with Gasteiger partial charge < -0.3 is 35.6 Å². The second kappa shape index (κ2) is 24.2. The summed E-state index contributed by atoms with van der Waals surface area (Å²) in [5.41, 5.74) is 9.31. The molecule has 10 nitrogen and oxygen atoms in total. The molecule has 1 saturated carbocycles. The molecule has 5 N–H and O–H groups in total. The highest BCUT2D eigenvalue weighted by atomic mass is 33.1. The number of hydrogen-bond donors (Lipinski definition) is 4. The van der Waals surface area contributed by atoms with Crippen LogP contribution in [0.1, 0.15) is 134 Å². The molecule has 1 saturated heterocycles. The molecule has 2 aromatic rings. The van der Waals surface area contributed by atoms with Gasteiger partial charge in [0, 0.05) is 50.2 Å². The number of fused-ring (bicyclic) bond motifs is 4. The van der Waals surface area contributed by atoms with E-state index >= 15 is 0 Å². The molecule has 2 heterocycles. The van der Waals surface area contributed by atoms with Crippen LogP contribution in [0, 0.1) is 17.8 Å². The summed E-state index contributed by atoms with van der Waals surface area (Å²) in [5.74, 6) is 3.49. The first kappa shape index (κ1) is 46.0. The Morgan fingerprint density at radius 2 is 1.76 bits per heavy atom. The van der Waals surface area contributed by atoms with Crippen LogP contribution in [0.25, 0.3) is 0 Å². The molecule has 12 heteroatoms. The van der Waals surface area contributed by atoms with Gasteiger partial charge in [0.2, 0.25) is 5.91 Å². The van der Waals surface area contributed by atoms with Gasteiger partial charge in [-0.05, 0) is 118 Å². The lowest BCUT2D eigenvalue weighted by Gasteiger charge is -2.30. The summed E-state index contributed by atoms with van der Waals surface area (Å²) in [5, 5.41) is 26.2. The topological polar surface area (TPSA) is 147 Å². The number of carbonyl (C=O) groups excluding carboxylic acids is 2. The molecule has 0 spiro atoms. The lowest BCUT2D eigenvalue weighted by molar-refractivity contribution is -0.148. The number of nitrogens with zero attached hydrogens (tertiary/aromatic N) is 2. The third-order valence-electron chi connectivity index (χ3n) is 12.1. The number of ether oxygens (including phenoxy) is 2. The SMILES string of the molecule is CC(=O)O[C@@H]1CCc2cc(c(O)c(OC3CCCC3)c2)CN2C(=O)C[C@@H](CCNC(N)=NCSSC[C@@H](CCc3ccccc3)CCCC[C@H](O)C1)[C@H]2CCC(C)C. The van der Waals surface area contributed by atoms with Crippen LogP contribution in [0.4, 0.5) is 0 Å². The van der Waals surface area contributed by atoms with Gasteiger partial charge in [0.25, 0.3) is 0 Å². The normalized spacial score (nSPS) is 25.3. The van der Waals surface area contributed by atoms with Crippen molar-refractivity contribution in [2.45, 2.75) is 161 Å². The predicted molar refractivity (Wildman–Crippen MR) is 238 cm³/mol. The van der Waals surface area contributed by atoms with Gasteiger partial charge >= 0.3 is 5.97 Å². The van der Waals surface area contributed by atoms with E-state index < -0.39 is 12.2 Å². The van der Waals surface area contributed by atoms with Gasteiger partial charge in [-0.3, -0.25) is 9.59 Å². The molecule has 3 aliphatic rings. The van der Waals surface area contributed by atoms with Crippen molar-refractivity contribution in [1.29, 1.82) is 0 Å². The van der Waals surface area contributed by atoms with Crippen LogP contribution in [0.5, 0.6) is 11.5 Å². The van der Waals surface area contributed by atoms with E-state index in [-0.39, 0.29) is 35.7 Å². The Morgan fingerprint density at radius 3 is 2.52 bits per heavy atom. The van der Waals surface area contributed by atoms with E-state index in [1.54, 1.807) is 10.8 Å². The Bertz CT molecular complexity index is 1590. The van der Waals surface area contributed by atoms with E-state index in [1.807, 2.05) is 27.8 Å². The number of aliphatic imine (C=N–C) groups is 1. The quantitative estimate of drug-likeness (QED) is 0.143. The Balaban J connectivity index is 1.36. The molecule has 0 unspecified atom stereocenters. The number of rotatable bonds is 9. The minimum absolute atomic E-state index is 0.0345. The van der Waals surface area contributed by atoms with Crippen LogP contribution in [0.2, 0.25) is 0 Å². The van der Waals surface area contributed by atoms with Gasteiger partial charge in [-0.2, -0.15) is 0 Å². The summed E-state index contributed by atoms with van der Waals surface area (Å²) in [4.78, 5) is 32.6. The molecule has 2 aliphatic heterocycles. The first-order chi connectivity index (χ1) is 28.0. The second-order valence-corrected chi connectivity index (χ2v) is 19.8. The maximum atomic E-state index is 13.8. The zero-order valence-corrected chi connectivity index (χ0v) is 36.9. The largest absolute Gasteiger partial charge is 0.504 e. The molecule has 58 heavy (non-hydrogen) atoms. The zero-order valence-electron chi connectivity index (χ0n) is 35.2. The minimum atomic E-state index is -0.582. The molecule has 5 rings (SSSR count). The first-order valence-corrected chi connectivity index (χ1v) is 24.5. The molecular formula is C46H70N4O6S2. The minimum Gasteiger partial charge on any atom is -0.504 e. The summed E-state index contributed by atoms with van der Waals surface area (Å²) in [6.07, 6.45) is 13.5. The van der Waals surface area contributed by atoms with Crippen LogP contribution < -0.4 is 15.8 Å². The van der Waals surface area contributed by atoms with Crippen molar-refractivity contribution >= 4 is 39.4 Å². The van der Waals surface area contributed by atoms with E-state index in [1.165, 1.54) is 12.5 Å². The van der Waals surface area contributed by atoms with E-state index in [9.17, 15) is 19.8 Å². The Labute approximate surface area is 355 Å². The van der Waals surface area contributed by atoms with Crippen molar-refractivity contribution < 1.29 is 29.3 Å². The number of guanidine groups is 1.